The zero-order chi connectivity index (χ0) is 11.0. The van der Waals surface area contributed by atoms with E-state index in [0.717, 1.165) is 0 Å². The Labute approximate surface area is 88.8 Å². The van der Waals surface area contributed by atoms with E-state index in [1.807, 2.05) is 0 Å². The second-order valence-corrected chi connectivity index (χ2v) is 3.23. The minimum Gasteiger partial charge on any atom is -0.434 e. The first kappa shape index (κ1) is 9.53. The number of aromatic nitrogens is 1. The predicted octanol–water partition coefficient (Wildman–Crippen LogP) is 1.37. The van der Waals surface area contributed by atoms with Crippen LogP contribution in [-0.2, 0) is 0 Å². The number of non-ortho nitro benzene ring substituents is 1. The minimum atomic E-state index is -0.505. The molecule has 2 rings (SSSR count). The number of hydrogen-bond donors (Lipinski definition) is 1. The minimum absolute atomic E-state index is 0.0221. The number of benzene rings is 1. The van der Waals surface area contributed by atoms with Crippen molar-refractivity contribution >= 4 is 34.0 Å². The van der Waals surface area contributed by atoms with E-state index >= 15 is 0 Å². The molecule has 0 spiro atoms. The second kappa shape index (κ2) is 3.28. The SMILES string of the molecule is NC(=S)c1nc2cc([N+](=O)[O-])ccc2o1. The molecule has 1 aromatic heterocycles. The lowest BCUT2D eigenvalue weighted by Crippen LogP contribution is -2.09. The number of nitrogens with zero attached hydrogens (tertiary/aromatic N) is 2. The third-order valence-corrected chi connectivity index (χ3v) is 1.97. The number of rotatable bonds is 2. The summed E-state index contributed by atoms with van der Waals surface area (Å²) in [5.41, 5.74) is 6.05. The predicted molar refractivity (Wildman–Crippen MR) is 56.6 cm³/mol. The summed E-state index contributed by atoms with van der Waals surface area (Å²) in [5, 5.41) is 10.5. The van der Waals surface area contributed by atoms with Crippen molar-refractivity contribution in [3.05, 3.63) is 34.2 Å². The maximum atomic E-state index is 10.5. The van der Waals surface area contributed by atoms with Crippen LogP contribution in [0.15, 0.2) is 22.6 Å². The summed E-state index contributed by atoms with van der Waals surface area (Å²) in [5.74, 6) is 0.112. The summed E-state index contributed by atoms with van der Waals surface area (Å²) in [6.07, 6.45) is 0. The number of oxazole rings is 1. The molecule has 0 aliphatic heterocycles. The van der Waals surface area contributed by atoms with Crippen LogP contribution in [0.2, 0.25) is 0 Å². The first-order chi connectivity index (χ1) is 7.08. The smallest absolute Gasteiger partial charge is 0.271 e. The van der Waals surface area contributed by atoms with Gasteiger partial charge < -0.3 is 10.2 Å². The van der Waals surface area contributed by atoms with Gasteiger partial charge >= 0.3 is 0 Å². The summed E-state index contributed by atoms with van der Waals surface area (Å²) in [4.78, 5) is 13.9. The van der Waals surface area contributed by atoms with Crippen LogP contribution in [0.4, 0.5) is 5.69 Å². The molecule has 0 saturated carbocycles. The Hall–Kier alpha value is -2.02. The van der Waals surface area contributed by atoms with Crippen molar-refractivity contribution in [1.29, 1.82) is 0 Å². The Morgan fingerprint density at radius 3 is 2.93 bits per heavy atom. The summed E-state index contributed by atoms with van der Waals surface area (Å²) in [7, 11) is 0. The molecule has 0 aliphatic rings. The Kier molecular flexibility index (Phi) is 2.09. The van der Waals surface area contributed by atoms with Crippen LogP contribution in [0.5, 0.6) is 0 Å². The lowest BCUT2D eigenvalue weighted by Gasteiger charge is -1.88. The maximum absolute atomic E-state index is 10.5. The average molecular weight is 223 g/mol. The third-order valence-electron chi connectivity index (χ3n) is 1.79. The van der Waals surface area contributed by atoms with Gasteiger partial charge in [0.2, 0.25) is 0 Å². The van der Waals surface area contributed by atoms with Gasteiger partial charge in [0, 0.05) is 12.1 Å². The first-order valence-electron chi connectivity index (χ1n) is 3.93. The van der Waals surface area contributed by atoms with E-state index < -0.39 is 4.92 Å². The molecule has 0 saturated heterocycles. The Morgan fingerprint density at radius 1 is 1.60 bits per heavy atom. The summed E-state index contributed by atoms with van der Waals surface area (Å²) in [6, 6.07) is 4.10. The van der Waals surface area contributed by atoms with Gasteiger partial charge in [-0.05, 0) is 6.07 Å². The molecule has 0 unspecified atom stereocenters. The zero-order valence-corrected chi connectivity index (χ0v) is 8.15. The van der Waals surface area contributed by atoms with Crippen molar-refractivity contribution < 1.29 is 9.34 Å². The number of thiocarbonyl (C=S) groups is 1. The van der Waals surface area contributed by atoms with Gasteiger partial charge in [0.1, 0.15) is 5.52 Å². The van der Waals surface area contributed by atoms with Crippen molar-refractivity contribution in [3.63, 3.8) is 0 Å². The van der Waals surface area contributed by atoms with Crippen LogP contribution < -0.4 is 5.73 Å². The number of hydrogen-bond acceptors (Lipinski definition) is 5. The van der Waals surface area contributed by atoms with E-state index in [1.165, 1.54) is 18.2 Å². The highest BCUT2D eigenvalue weighted by Crippen LogP contribution is 2.21. The fourth-order valence-electron chi connectivity index (χ4n) is 1.13. The van der Waals surface area contributed by atoms with Crippen LogP contribution in [0.25, 0.3) is 11.1 Å². The lowest BCUT2D eigenvalue weighted by atomic mass is 10.3. The average Bonchev–Trinajstić information content (AvgIpc) is 2.59. The van der Waals surface area contributed by atoms with E-state index in [2.05, 4.69) is 17.2 Å². The molecule has 0 atom stereocenters. The van der Waals surface area contributed by atoms with Crippen LogP contribution in [0.3, 0.4) is 0 Å². The van der Waals surface area contributed by atoms with Gasteiger partial charge in [0.05, 0.1) is 4.92 Å². The molecule has 15 heavy (non-hydrogen) atoms. The Bertz CT molecular complexity index is 551. The number of fused-ring (bicyclic) bond motifs is 1. The standard InChI is InChI=1S/C8H5N3O3S/c9-7(15)8-10-5-3-4(11(12)13)1-2-6(5)14-8/h1-3H,(H2,9,15). The van der Waals surface area contributed by atoms with Crippen LogP contribution in [0, 0.1) is 10.1 Å². The number of nitrogens with two attached hydrogens (primary N) is 1. The summed E-state index contributed by atoms with van der Waals surface area (Å²) >= 11 is 4.68. The number of nitro groups is 1. The highest BCUT2D eigenvalue weighted by Gasteiger charge is 2.12. The van der Waals surface area contributed by atoms with Crippen LogP contribution >= 0.6 is 12.2 Å². The molecule has 76 valence electrons. The van der Waals surface area contributed by atoms with E-state index in [4.69, 9.17) is 10.2 Å². The molecule has 7 heteroatoms. The first-order valence-corrected chi connectivity index (χ1v) is 4.33. The molecular formula is C8H5N3O3S. The fourth-order valence-corrected chi connectivity index (χ4v) is 1.22. The summed E-state index contributed by atoms with van der Waals surface area (Å²) in [6.45, 7) is 0. The fraction of sp³-hybridized carbons (Fsp3) is 0. The topological polar surface area (TPSA) is 95.2 Å². The molecule has 1 aromatic carbocycles. The molecule has 1 heterocycles. The van der Waals surface area contributed by atoms with Crippen molar-refractivity contribution in [1.82, 2.24) is 4.98 Å². The Morgan fingerprint density at radius 2 is 2.33 bits per heavy atom. The lowest BCUT2D eigenvalue weighted by molar-refractivity contribution is -0.384. The van der Waals surface area contributed by atoms with Crippen molar-refractivity contribution in [3.8, 4) is 0 Å². The molecule has 0 bridgehead atoms. The van der Waals surface area contributed by atoms with Crippen molar-refractivity contribution in [2.45, 2.75) is 0 Å². The van der Waals surface area contributed by atoms with Gasteiger partial charge in [-0.1, -0.05) is 12.2 Å². The largest absolute Gasteiger partial charge is 0.434 e. The molecule has 6 nitrogen and oxygen atoms in total. The molecule has 2 N–H and O–H groups in total. The highest BCUT2D eigenvalue weighted by atomic mass is 32.1. The molecule has 0 aliphatic carbocycles. The van der Waals surface area contributed by atoms with Gasteiger partial charge in [-0.25, -0.2) is 4.98 Å². The van der Waals surface area contributed by atoms with Gasteiger partial charge in [-0.2, -0.15) is 0 Å². The van der Waals surface area contributed by atoms with Crippen LogP contribution in [-0.4, -0.2) is 14.9 Å². The summed E-state index contributed by atoms with van der Waals surface area (Å²) < 4.78 is 5.16. The van der Waals surface area contributed by atoms with Gasteiger partial charge in [-0.3, -0.25) is 10.1 Å². The molecule has 0 amide bonds. The van der Waals surface area contributed by atoms with E-state index in [9.17, 15) is 10.1 Å². The van der Waals surface area contributed by atoms with Gasteiger partial charge in [0.15, 0.2) is 10.6 Å². The van der Waals surface area contributed by atoms with Gasteiger partial charge in [-0.15, -0.1) is 0 Å². The quantitative estimate of drug-likeness (QED) is 0.469. The Balaban J connectivity index is 2.62. The monoisotopic (exact) mass is 223 g/mol. The van der Waals surface area contributed by atoms with E-state index in [0.29, 0.717) is 11.1 Å². The second-order valence-electron chi connectivity index (χ2n) is 2.79. The zero-order valence-electron chi connectivity index (χ0n) is 7.34. The van der Waals surface area contributed by atoms with Crippen molar-refractivity contribution in [2.24, 2.45) is 5.73 Å². The maximum Gasteiger partial charge on any atom is 0.271 e. The van der Waals surface area contributed by atoms with E-state index in [-0.39, 0.29) is 16.6 Å². The number of nitro benzene ring substituents is 1. The highest BCUT2D eigenvalue weighted by molar-refractivity contribution is 7.80. The molecular weight excluding hydrogens is 218 g/mol. The van der Waals surface area contributed by atoms with Gasteiger partial charge in [0.25, 0.3) is 11.6 Å². The van der Waals surface area contributed by atoms with E-state index in [1.54, 1.807) is 0 Å². The molecule has 0 fully saturated rings. The molecule has 2 aromatic rings. The third kappa shape index (κ3) is 1.64. The van der Waals surface area contributed by atoms with Crippen molar-refractivity contribution in [2.75, 3.05) is 0 Å². The normalized spacial score (nSPS) is 10.4. The van der Waals surface area contributed by atoms with Crippen LogP contribution in [0.1, 0.15) is 5.89 Å². The molecule has 0 radical (unpaired) electrons.